The second-order valence-electron chi connectivity index (χ2n) is 6.16. The van der Waals surface area contributed by atoms with Crippen LogP contribution in [0.25, 0.3) is 0 Å². The summed E-state index contributed by atoms with van der Waals surface area (Å²) in [6, 6.07) is 14.8. The highest BCUT2D eigenvalue weighted by Gasteiger charge is 2.15. The Morgan fingerprint density at radius 1 is 1.10 bits per heavy atom. The fourth-order valence-corrected chi connectivity index (χ4v) is 3.37. The predicted molar refractivity (Wildman–Crippen MR) is 114 cm³/mol. The maximum Gasteiger partial charge on any atom is 0.251 e. The Balaban J connectivity index is 1.61. The van der Waals surface area contributed by atoms with Crippen molar-refractivity contribution in [1.29, 1.82) is 0 Å². The summed E-state index contributed by atoms with van der Waals surface area (Å²) in [5.74, 6) is -0.516. The van der Waals surface area contributed by atoms with Crippen molar-refractivity contribution in [3.8, 4) is 0 Å². The van der Waals surface area contributed by atoms with Crippen LogP contribution in [0.3, 0.4) is 0 Å². The second kappa shape index (κ2) is 10.4. The zero-order valence-corrected chi connectivity index (χ0v) is 16.9. The number of hydrogen-bond acceptors (Lipinski definition) is 5. The number of rotatable bonds is 9. The van der Waals surface area contributed by atoms with E-state index in [0.29, 0.717) is 23.1 Å². The van der Waals surface area contributed by atoms with E-state index in [2.05, 4.69) is 27.4 Å². The van der Waals surface area contributed by atoms with Gasteiger partial charge in [-0.25, -0.2) is 4.39 Å². The number of anilines is 1. The average molecular weight is 425 g/mol. The van der Waals surface area contributed by atoms with Gasteiger partial charge in [0.15, 0.2) is 11.0 Å². The van der Waals surface area contributed by atoms with Crippen LogP contribution >= 0.6 is 11.8 Å². The number of carbonyl (C=O) groups excluding carboxylic acids is 2. The van der Waals surface area contributed by atoms with Crippen molar-refractivity contribution in [2.75, 3.05) is 11.1 Å². The van der Waals surface area contributed by atoms with E-state index in [1.54, 1.807) is 47.0 Å². The average Bonchev–Trinajstić information content (AvgIpc) is 3.14. The molecule has 0 aliphatic rings. The van der Waals surface area contributed by atoms with E-state index in [9.17, 15) is 14.0 Å². The Hall–Kier alpha value is -3.46. The van der Waals surface area contributed by atoms with Gasteiger partial charge in [0.05, 0.1) is 18.0 Å². The molecule has 7 nitrogen and oxygen atoms in total. The monoisotopic (exact) mass is 425 g/mol. The quantitative estimate of drug-likeness (QED) is 0.406. The van der Waals surface area contributed by atoms with Gasteiger partial charge < -0.3 is 15.2 Å². The fourth-order valence-electron chi connectivity index (χ4n) is 2.60. The highest BCUT2D eigenvalue weighted by atomic mass is 32.2. The fraction of sp³-hybridized carbons (Fsp3) is 0.143. The van der Waals surface area contributed by atoms with Gasteiger partial charge >= 0.3 is 0 Å². The zero-order chi connectivity index (χ0) is 21.3. The van der Waals surface area contributed by atoms with Gasteiger partial charge in [-0.3, -0.25) is 9.59 Å². The number of para-hydroxylation sites is 1. The summed E-state index contributed by atoms with van der Waals surface area (Å²) in [6.07, 6.45) is 1.68. The lowest BCUT2D eigenvalue weighted by Gasteiger charge is -2.09. The maximum atomic E-state index is 13.7. The van der Waals surface area contributed by atoms with Gasteiger partial charge in [0, 0.05) is 12.1 Å². The molecule has 0 bridgehead atoms. The molecule has 1 heterocycles. The molecule has 0 radical (unpaired) electrons. The third-order valence-electron chi connectivity index (χ3n) is 4.03. The van der Waals surface area contributed by atoms with Crippen molar-refractivity contribution in [2.45, 2.75) is 18.2 Å². The van der Waals surface area contributed by atoms with Crippen molar-refractivity contribution in [2.24, 2.45) is 0 Å². The summed E-state index contributed by atoms with van der Waals surface area (Å²) in [6.45, 7) is 4.32. The van der Waals surface area contributed by atoms with E-state index in [-0.39, 0.29) is 29.8 Å². The Bertz CT molecular complexity index is 1040. The first kappa shape index (κ1) is 21.3. The number of amides is 2. The molecule has 154 valence electrons. The van der Waals surface area contributed by atoms with Crippen LogP contribution in [0.4, 0.5) is 10.1 Å². The first-order valence-corrected chi connectivity index (χ1v) is 10.1. The van der Waals surface area contributed by atoms with Crippen molar-refractivity contribution in [3.05, 3.63) is 84.5 Å². The molecule has 9 heteroatoms. The molecule has 0 saturated carbocycles. The lowest BCUT2D eigenvalue weighted by Crippen LogP contribution is -2.24. The van der Waals surface area contributed by atoms with Crippen LogP contribution in [0.2, 0.25) is 0 Å². The van der Waals surface area contributed by atoms with Crippen molar-refractivity contribution < 1.29 is 14.0 Å². The maximum absolute atomic E-state index is 13.7. The zero-order valence-electron chi connectivity index (χ0n) is 16.0. The minimum atomic E-state index is -0.498. The molecule has 0 unspecified atom stereocenters. The molecule has 2 amide bonds. The molecule has 3 rings (SSSR count). The first-order chi connectivity index (χ1) is 14.6. The van der Waals surface area contributed by atoms with Crippen LogP contribution in [0.5, 0.6) is 0 Å². The van der Waals surface area contributed by atoms with E-state index in [4.69, 9.17) is 0 Å². The molecular weight excluding hydrogens is 405 g/mol. The number of carbonyl (C=O) groups is 2. The number of aromatic nitrogens is 3. The number of nitrogens with zero attached hydrogens (tertiary/aromatic N) is 3. The molecule has 0 fully saturated rings. The van der Waals surface area contributed by atoms with Crippen LogP contribution in [-0.4, -0.2) is 32.3 Å². The van der Waals surface area contributed by atoms with Crippen LogP contribution in [-0.2, 0) is 17.9 Å². The molecule has 2 aromatic carbocycles. The third kappa shape index (κ3) is 5.54. The Labute approximate surface area is 177 Å². The van der Waals surface area contributed by atoms with E-state index in [0.717, 1.165) is 0 Å². The largest absolute Gasteiger partial charge is 0.345 e. The number of halogens is 1. The molecule has 1 aromatic heterocycles. The topological polar surface area (TPSA) is 88.9 Å². The summed E-state index contributed by atoms with van der Waals surface area (Å²) in [5.41, 5.74) is 0.673. The highest BCUT2D eigenvalue weighted by Crippen LogP contribution is 2.19. The smallest absolute Gasteiger partial charge is 0.251 e. The standard InChI is InChI=1S/C21H20FN5O2S/c1-2-12-27-18(13-23-20(29)15-8-4-3-5-9-15)25-26-21(27)30-14-19(28)24-17-11-7-6-10-16(17)22/h2-11H,1,12-14H2,(H,23,29)(H,24,28). The summed E-state index contributed by atoms with van der Waals surface area (Å²) in [7, 11) is 0. The van der Waals surface area contributed by atoms with Gasteiger partial charge in [-0.15, -0.1) is 16.8 Å². The molecule has 0 atom stereocenters. The molecule has 0 aliphatic heterocycles. The van der Waals surface area contributed by atoms with Gasteiger partial charge in [-0.05, 0) is 24.3 Å². The number of allylic oxidation sites excluding steroid dienone is 1. The SMILES string of the molecule is C=CCn1c(CNC(=O)c2ccccc2)nnc1SCC(=O)Nc1ccccc1F. The molecule has 0 spiro atoms. The van der Waals surface area contributed by atoms with Crippen molar-refractivity contribution in [3.63, 3.8) is 0 Å². The van der Waals surface area contributed by atoms with E-state index in [1.807, 2.05) is 6.07 Å². The number of thioether (sulfide) groups is 1. The van der Waals surface area contributed by atoms with Crippen LogP contribution in [0, 0.1) is 5.82 Å². The number of benzene rings is 2. The van der Waals surface area contributed by atoms with E-state index < -0.39 is 5.82 Å². The summed E-state index contributed by atoms with van der Waals surface area (Å²) in [5, 5.41) is 14.1. The number of nitrogens with one attached hydrogen (secondary N) is 2. The molecule has 2 N–H and O–H groups in total. The summed E-state index contributed by atoms with van der Waals surface area (Å²) < 4.78 is 15.4. The van der Waals surface area contributed by atoms with Crippen LogP contribution in [0.1, 0.15) is 16.2 Å². The first-order valence-electron chi connectivity index (χ1n) is 9.12. The minimum Gasteiger partial charge on any atom is -0.345 e. The summed E-state index contributed by atoms with van der Waals surface area (Å²) in [4.78, 5) is 24.4. The van der Waals surface area contributed by atoms with Crippen LogP contribution in [0.15, 0.2) is 72.4 Å². The van der Waals surface area contributed by atoms with E-state index >= 15 is 0 Å². The minimum absolute atomic E-state index is 0.0278. The number of hydrogen-bond donors (Lipinski definition) is 2. The van der Waals surface area contributed by atoms with Crippen molar-refractivity contribution in [1.82, 2.24) is 20.1 Å². The molecule has 0 saturated heterocycles. The summed E-state index contributed by atoms with van der Waals surface area (Å²) >= 11 is 1.17. The van der Waals surface area contributed by atoms with Gasteiger partial charge in [0.2, 0.25) is 5.91 Å². The second-order valence-corrected chi connectivity index (χ2v) is 7.11. The normalized spacial score (nSPS) is 10.4. The van der Waals surface area contributed by atoms with Gasteiger partial charge in [-0.2, -0.15) is 0 Å². The lowest BCUT2D eigenvalue weighted by atomic mass is 10.2. The lowest BCUT2D eigenvalue weighted by molar-refractivity contribution is -0.113. The van der Waals surface area contributed by atoms with Gasteiger partial charge in [0.25, 0.3) is 5.91 Å². The Morgan fingerprint density at radius 2 is 1.83 bits per heavy atom. The van der Waals surface area contributed by atoms with Crippen LogP contribution < -0.4 is 10.6 Å². The highest BCUT2D eigenvalue weighted by molar-refractivity contribution is 7.99. The predicted octanol–water partition coefficient (Wildman–Crippen LogP) is 3.26. The molecule has 0 aliphatic carbocycles. The molecular formula is C21H20FN5O2S. The molecule has 30 heavy (non-hydrogen) atoms. The van der Waals surface area contributed by atoms with Crippen molar-refractivity contribution >= 4 is 29.3 Å². The Morgan fingerprint density at radius 3 is 2.57 bits per heavy atom. The van der Waals surface area contributed by atoms with E-state index in [1.165, 1.54) is 23.9 Å². The van der Waals surface area contributed by atoms with Gasteiger partial charge in [0.1, 0.15) is 5.82 Å². The van der Waals surface area contributed by atoms with Gasteiger partial charge in [-0.1, -0.05) is 48.2 Å². The third-order valence-corrected chi connectivity index (χ3v) is 5.00. The molecule has 3 aromatic rings. The Kier molecular flexibility index (Phi) is 7.34.